The second-order valence-electron chi connectivity index (χ2n) is 15.6. The van der Waals surface area contributed by atoms with Crippen molar-refractivity contribution < 1.29 is 28.5 Å². The standard InChI is InChI=1S/C47H70I6O6/c48-38-34-40(50)46(41(51)35-38)58-30-25-21-17-13-9-5-1-3-7-11-15-19-23-28-44(54)56-32-27-33-57-45(55)29-24-20-16-12-8-4-2-6-10-14-18-22-26-31-59-47-42(52)36-39(49)37-43(47)53/h34-37H,1-33H2. The number of hydrogen-bond donors (Lipinski definition) is 0. The summed E-state index contributed by atoms with van der Waals surface area (Å²) in [5.74, 6) is 1.82. The van der Waals surface area contributed by atoms with Gasteiger partial charge >= 0.3 is 11.9 Å². The molecule has 2 aromatic rings. The van der Waals surface area contributed by atoms with Crippen molar-refractivity contribution in [1.82, 2.24) is 0 Å². The first-order valence-corrected chi connectivity index (χ1v) is 29.0. The first-order valence-electron chi connectivity index (χ1n) is 22.5. The van der Waals surface area contributed by atoms with Gasteiger partial charge in [0.25, 0.3) is 0 Å². The topological polar surface area (TPSA) is 71.1 Å². The van der Waals surface area contributed by atoms with Crippen molar-refractivity contribution in [3.05, 3.63) is 45.7 Å². The Morgan fingerprint density at radius 1 is 0.322 bits per heavy atom. The van der Waals surface area contributed by atoms with Crippen LogP contribution >= 0.6 is 136 Å². The third kappa shape index (κ3) is 31.0. The summed E-state index contributed by atoms with van der Waals surface area (Å²) in [6, 6.07) is 8.68. The van der Waals surface area contributed by atoms with Crippen molar-refractivity contribution in [2.24, 2.45) is 0 Å². The average Bonchev–Trinajstić information content (AvgIpc) is 3.18. The Kier molecular flexibility index (Phi) is 37.0. The molecule has 0 atom stereocenters. The molecule has 2 aromatic carbocycles. The first kappa shape index (κ1) is 56.5. The van der Waals surface area contributed by atoms with Gasteiger partial charge in [-0.1, -0.05) is 141 Å². The summed E-state index contributed by atoms with van der Waals surface area (Å²) in [6.07, 6.45) is 33.7. The number of halogens is 6. The Bertz CT molecular complexity index is 1260. The normalized spacial score (nSPS) is 11.2. The lowest BCUT2D eigenvalue weighted by atomic mass is 10.0. The van der Waals surface area contributed by atoms with Gasteiger partial charge in [0.2, 0.25) is 0 Å². The van der Waals surface area contributed by atoms with Crippen molar-refractivity contribution in [1.29, 1.82) is 0 Å². The van der Waals surface area contributed by atoms with E-state index >= 15 is 0 Å². The third-order valence-corrected chi connectivity index (χ3v) is 14.7. The summed E-state index contributed by atoms with van der Waals surface area (Å²) >= 11 is 14.2. The number of carbonyl (C=O) groups excluding carboxylic acids is 2. The number of hydrogen-bond acceptors (Lipinski definition) is 6. The van der Waals surface area contributed by atoms with Gasteiger partial charge in [0.1, 0.15) is 11.5 Å². The molecule has 0 amide bonds. The van der Waals surface area contributed by atoms with E-state index < -0.39 is 0 Å². The second-order valence-corrected chi connectivity index (χ2v) is 22.7. The molecule has 0 aliphatic carbocycles. The molecule has 0 aliphatic heterocycles. The molecule has 0 saturated carbocycles. The van der Waals surface area contributed by atoms with Gasteiger partial charge in [-0.05, 0) is 185 Å². The Morgan fingerprint density at radius 2 is 0.559 bits per heavy atom. The molecule has 0 aromatic heterocycles. The lowest BCUT2D eigenvalue weighted by molar-refractivity contribution is -0.146. The van der Waals surface area contributed by atoms with E-state index in [4.69, 9.17) is 18.9 Å². The zero-order chi connectivity index (χ0) is 42.8. The van der Waals surface area contributed by atoms with Gasteiger partial charge in [-0.3, -0.25) is 9.59 Å². The van der Waals surface area contributed by atoms with Crippen molar-refractivity contribution in [3.63, 3.8) is 0 Å². The number of benzene rings is 2. The Balaban J connectivity index is 1.22. The van der Waals surface area contributed by atoms with E-state index in [0.717, 1.165) is 63.2 Å². The predicted octanol–water partition coefficient (Wildman–Crippen LogP) is 17.2. The van der Waals surface area contributed by atoms with Crippen molar-refractivity contribution in [3.8, 4) is 11.5 Å². The summed E-state index contributed by atoms with van der Waals surface area (Å²) in [6.45, 7) is 2.28. The van der Waals surface area contributed by atoms with Crippen molar-refractivity contribution >= 4 is 147 Å². The zero-order valence-electron chi connectivity index (χ0n) is 35.4. The number of unbranched alkanes of at least 4 members (excludes halogenated alkanes) is 24. The molecule has 0 spiro atoms. The average molecular weight is 1490 g/mol. The molecule has 0 heterocycles. The highest BCUT2D eigenvalue weighted by Crippen LogP contribution is 2.31. The molecule has 0 aliphatic rings. The molecule has 0 fully saturated rings. The fraction of sp³-hybridized carbons (Fsp3) is 0.702. The fourth-order valence-corrected chi connectivity index (χ4v) is 14.7. The molecule has 0 unspecified atom stereocenters. The maximum absolute atomic E-state index is 12.1. The molecule has 59 heavy (non-hydrogen) atoms. The summed E-state index contributed by atoms with van der Waals surface area (Å²) in [4.78, 5) is 24.1. The van der Waals surface area contributed by atoms with Gasteiger partial charge in [-0.25, -0.2) is 0 Å². The molecule has 0 radical (unpaired) electrons. The number of rotatable bonds is 38. The highest BCUT2D eigenvalue weighted by molar-refractivity contribution is 14.1. The van der Waals surface area contributed by atoms with Crippen molar-refractivity contribution in [2.75, 3.05) is 26.4 Å². The van der Waals surface area contributed by atoms with E-state index in [0.29, 0.717) is 32.5 Å². The molecule has 6 nitrogen and oxygen atoms in total. The molecule has 2 rings (SSSR count). The molecule has 0 saturated heterocycles. The molecular weight excluding hydrogens is 1420 g/mol. The summed E-state index contributed by atoms with van der Waals surface area (Å²) in [7, 11) is 0. The van der Waals surface area contributed by atoms with E-state index in [1.54, 1.807) is 0 Å². The van der Waals surface area contributed by atoms with E-state index in [2.05, 4.69) is 160 Å². The summed E-state index contributed by atoms with van der Waals surface area (Å²) in [5, 5.41) is 0. The van der Waals surface area contributed by atoms with Crippen LogP contribution in [-0.4, -0.2) is 38.4 Å². The monoisotopic (exact) mass is 1490 g/mol. The largest absolute Gasteiger partial charge is 0.491 e. The minimum atomic E-state index is -0.129. The Morgan fingerprint density at radius 3 is 0.831 bits per heavy atom. The van der Waals surface area contributed by atoms with E-state index in [1.807, 2.05) is 0 Å². The van der Waals surface area contributed by atoms with Gasteiger partial charge in [-0.2, -0.15) is 0 Å². The van der Waals surface area contributed by atoms with Crippen LogP contribution in [0, 0.1) is 21.4 Å². The number of esters is 2. The van der Waals surface area contributed by atoms with Crippen LogP contribution in [0.5, 0.6) is 11.5 Å². The Labute approximate surface area is 440 Å². The van der Waals surface area contributed by atoms with E-state index in [1.165, 1.54) is 150 Å². The fourth-order valence-electron chi connectivity index (χ4n) is 6.89. The highest BCUT2D eigenvalue weighted by atomic mass is 127. The molecular formula is C47H70I6O6. The minimum Gasteiger partial charge on any atom is -0.491 e. The van der Waals surface area contributed by atoms with Crippen LogP contribution in [0.25, 0.3) is 0 Å². The van der Waals surface area contributed by atoms with Gasteiger partial charge in [0.05, 0.1) is 40.7 Å². The SMILES string of the molecule is O=C(CCCCCCCCCCCCCCCOc1c(I)cc(I)cc1I)OCCCOC(=O)CCCCCCCCCCCCCCCOc1c(I)cc(I)cc1I. The quantitative estimate of drug-likeness (QED) is 0.0379. The smallest absolute Gasteiger partial charge is 0.305 e. The predicted molar refractivity (Wildman–Crippen MR) is 296 cm³/mol. The molecule has 336 valence electrons. The first-order chi connectivity index (χ1) is 28.7. The lowest BCUT2D eigenvalue weighted by Gasteiger charge is -2.11. The van der Waals surface area contributed by atoms with Gasteiger partial charge in [-0.15, -0.1) is 0 Å². The minimum absolute atomic E-state index is 0.129. The van der Waals surface area contributed by atoms with Crippen LogP contribution < -0.4 is 9.47 Å². The van der Waals surface area contributed by atoms with Crippen LogP contribution in [0.15, 0.2) is 24.3 Å². The van der Waals surface area contributed by atoms with Gasteiger partial charge < -0.3 is 18.9 Å². The van der Waals surface area contributed by atoms with E-state index in [9.17, 15) is 9.59 Å². The Hall–Kier alpha value is 1.36. The molecule has 0 N–H and O–H groups in total. The van der Waals surface area contributed by atoms with Gasteiger partial charge in [0, 0.05) is 26.4 Å². The summed E-state index contributed by atoms with van der Waals surface area (Å²) < 4.78 is 30.1. The molecule has 12 heteroatoms. The van der Waals surface area contributed by atoms with Crippen LogP contribution in [0.2, 0.25) is 0 Å². The second kappa shape index (κ2) is 38.6. The highest BCUT2D eigenvalue weighted by Gasteiger charge is 2.10. The van der Waals surface area contributed by atoms with Crippen molar-refractivity contribution in [2.45, 2.75) is 186 Å². The van der Waals surface area contributed by atoms with Gasteiger partial charge in [0.15, 0.2) is 0 Å². The maximum atomic E-state index is 12.1. The van der Waals surface area contributed by atoms with E-state index in [-0.39, 0.29) is 11.9 Å². The maximum Gasteiger partial charge on any atom is 0.305 e. The van der Waals surface area contributed by atoms with Crippen LogP contribution in [0.4, 0.5) is 0 Å². The van der Waals surface area contributed by atoms with Crippen LogP contribution in [-0.2, 0) is 19.1 Å². The number of ether oxygens (including phenoxy) is 4. The van der Waals surface area contributed by atoms with Crippen LogP contribution in [0.1, 0.15) is 186 Å². The third-order valence-electron chi connectivity index (χ3n) is 10.3. The van der Waals surface area contributed by atoms with Crippen LogP contribution in [0.3, 0.4) is 0 Å². The lowest BCUT2D eigenvalue weighted by Crippen LogP contribution is -2.10. The molecule has 0 bridgehead atoms. The summed E-state index contributed by atoms with van der Waals surface area (Å²) in [5.41, 5.74) is 0. The number of carbonyl (C=O) groups is 2. The zero-order valence-corrected chi connectivity index (χ0v) is 48.3.